The lowest BCUT2D eigenvalue weighted by atomic mass is 9.87. The first kappa shape index (κ1) is 25.4. The lowest BCUT2D eigenvalue weighted by Gasteiger charge is -2.32. The van der Waals surface area contributed by atoms with E-state index < -0.39 is 24.1 Å². The fourth-order valence-electron chi connectivity index (χ4n) is 4.96. The number of imidazole rings is 1. The summed E-state index contributed by atoms with van der Waals surface area (Å²) in [7, 11) is 0. The normalized spacial score (nSPS) is 17.5. The summed E-state index contributed by atoms with van der Waals surface area (Å²) in [6.07, 6.45) is 5.86. The highest BCUT2D eigenvalue weighted by molar-refractivity contribution is 6.09. The monoisotopic (exact) mass is 509 g/mol. The number of hydrogen-bond donors (Lipinski definition) is 3. The van der Waals surface area contributed by atoms with Crippen LogP contribution in [0.15, 0.2) is 85.6 Å². The molecular weight excluding hydrogens is 478 g/mol. The number of nitrogens with zero attached hydrogens (tertiary/aromatic N) is 3. The maximum absolute atomic E-state index is 14.1. The lowest BCUT2D eigenvalue weighted by molar-refractivity contribution is -0.123. The van der Waals surface area contributed by atoms with E-state index in [2.05, 4.69) is 41.0 Å². The molecule has 1 unspecified atom stereocenters. The van der Waals surface area contributed by atoms with Gasteiger partial charge in [-0.05, 0) is 40.3 Å². The number of amides is 2. The molecule has 0 saturated carbocycles. The van der Waals surface area contributed by atoms with E-state index in [1.54, 1.807) is 24.5 Å². The number of benzene rings is 2. The third-order valence-corrected chi connectivity index (χ3v) is 6.96. The number of nitrogens with one attached hydrogen (secondary N) is 2. The minimum absolute atomic E-state index is 0.0770. The highest BCUT2D eigenvalue weighted by Gasteiger charge is 2.38. The highest BCUT2D eigenvalue weighted by atomic mass is 16.3. The molecule has 0 radical (unpaired) electrons. The van der Waals surface area contributed by atoms with E-state index in [0.717, 1.165) is 16.7 Å². The summed E-state index contributed by atoms with van der Waals surface area (Å²) in [6, 6.07) is 17.3. The van der Waals surface area contributed by atoms with Crippen LogP contribution in [0, 0.1) is 0 Å². The van der Waals surface area contributed by atoms with Gasteiger partial charge in [0.05, 0.1) is 18.5 Å². The minimum atomic E-state index is -1.03. The largest absolute Gasteiger partial charge is 0.388 e. The van der Waals surface area contributed by atoms with E-state index in [4.69, 9.17) is 0 Å². The minimum Gasteiger partial charge on any atom is -0.388 e. The Labute approximate surface area is 221 Å². The molecule has 194 valence electrons. The molecule has 0 bridgehead atoms. The average Bonchev–Trinajstić information content (AvgIpc) is 3.56. The Morgan fingerprint density at radius 2 is 1.79 bits per heavy atom. The van der Waals surface area contributed by atoms with Gasteiger partial charge in [0.1, 0.15) is 11.7 Å². The van der Waals surface area contributed by atoms with E-state index in [1.165, 1.54) is 17.4 Å². The summed E-state index contributed by atoms with van der Waals surface area (Å²) >= 11 is 0. The van der Waals surface area contributed by atoms with Crippen molar-refractivity contribution in [3.8, 4) is 0 Å². The highest BCUT2D eigenvalue weighted by Crippen LogP contribution is 2.39. The predicted octanol–water partition coefficient (Wildman–Crippen LogP) is 4.78. The van der Waals surface area contributed by atoms with Gasteiger partial charge in [-0.15, -0.1) is 0 Å². The quantitative estimate of drug-likeness (QED) is 0.346. The zero-order valence-corrected chi connectivity index (χ0v) is 21.6. The number of pyridine rings is 1. The molecule has 3 N–H and O–H groups in total. The first-order chi connectivity index (χ1) is 18.2. The second-order valence-corrected chi connectivity index (χ2v) is 10.6. The third-order valence-electron chi connectivity index (χ3n) is 6.96. The number of fused-ring (bicyclic) bond motifs is 1. The molecule has 1 aliphatic carbocycles. The summed E-state index contributed by atoms with van der Waals surface area (Å²) < 4.78 is 0. The van der Waals surface area contributed by atoms with Crippen molar-refractivity contribution in [3.05, 3.63) is 114 Å². The van der Waals surface area contributed by atoms with E-state index in [0.29, 0.717) is 17.7 Å². The molecule has 5 rings (SSSR count). The predicted molar refractivity (Wildman–Crippen MR) is 144 cm³/mol. The van der Waals surface area contributed by atoms with Gasteiger partial charge in [0.15, 0.2) is 0 Å². The van der Waals surface area contributed by atoms with Gasteiger partial charge in [-0.1, -0.05) is 63.2 Å². The molecule has 8 nitrogen and oxygen atoms in total. The molecule has 0 aliphatic heterocycles. The number of aliphatic hydroxyl groups is 1. The number of anilines is 1. The molecular formula is C30H31N5O3. The smallest absolute Gasteiger partial charge is 0.279 e. The Bertz CT molecular complexity index is 1410. The van der Waals surface area contributed by atoms with Gasteiger partial charge >= 0.3 is 0 Å². The van der Waals surface area contributed by atoms with Gasteiger partial charge in [-0.2, -0.15) is 0 Å². The molecule has 8 heteroatoms. The van der Waals surface area contributed by atoms with Gasteiger partial charge in [-0.25, -0.2) is 4.98 Å². The molecule has 1 aliphatic rings. The van der Waals surface area contributed by atoms with Gasteiger partial charge in [-0.3, -0.25) is 19.5 Å². The number of H-pyrrole nitrogens is 1. The molecule has 38 heavy (non-hydrogen) atoms. The third kappa shape index (κ3) is 4.95. The number of carbonyl (C=O) groups excluding carboxylic acids is 2. The van der Waals surface area contributed by atoms with Gasteiger partial charge in [0.2, 0.25) is 5.91 Å². The van der Waals surface area contributed by atoms with Crippen molar-refractivity contribution >= 4 is 17.5 Å². The summed E-state index contributed by atoms with van der Waals surface area (Å²) in [5, 5.41) is 13.7. The summed E-state index contributed by atoms with van der Waals surface area (Å²) in [5.74, 6) is -0.804. The number of aromatic amines is 1. The molecule has 0 saturated heterocycles. The van der Waals surface area contributed by atoms with E-state index in [-0.39, 0.29) is 17.0 Å². The Kier molecular flexibility index (Phi) is 6.82. The molecule has 0 spiro atoms. The van der Waals surface area contributed by atoms with Crippen LogP contribution in [0.1, 0.15) is 78.1 Å². The zero-order chi connectivity index (χ0) is 26.9. The maximum atomic E-state index is 14.1. The van der Waals surface area contributed by atoms with Crippen molar-refractivity contribution in [2.24, 2.45) is 0 Å². The summed E-state index contributed by atoms with van der Waals surface area (Å²) in [5.41, 5.74) is 4.01. The number of hydrogen-bond acceptors (Lipinski definition) is 5. The molecule has 4 aromatic rings. The Hall–Kier alpha value is -4.30. The molecule has 3 atom stereocenters. The topological polar surface area (TPSA) is 111 Å². The number of aromatic nitrogens is 3. The van der Waals surface area contributed by atoms with Crippen LogP contribution in [0.25, 0.3) is 0 Å². The van der Waals surface area contributed by atoms with E-state index in [1.807, 2.05) is 48.5 Å². The van der Waals surface area contributed by atoms with Crippen LogP contribution in [-0.4, -0.2) is 31.9 Å². The van der Waals surface area contributed by atoms with E-state index >= 15 is 0 Å². The van der Waals surface area contributed by atoms with Crippen molar-refractivity contribution in [3.63, 3.8) is 0 Å². The first-order valence-corrected chi connectivity index (χ1v) is 12.6. The number of carbonyl (C=O) groups is 2. The van der Waals surface area contributed by atoms with Crippen molar-refractivity contribution in [2.75, 3.05) is 4.90 Å². The van der Waals surface area contributed by atoms with Gasteiger partial charge in [0.25, 0.3) is 5.91 Å². The average molecular weight is 510 g/mol. The standard InChI is InChI=1S/C30H31N5O3/c1-30(2,3)20-10-12-21(13-11-20)35(29(38)25-17-32-18-33-25)27(19-7-6-14-31-16-19)28(37)34-24-15-26(36)23-9-5-4-8-22(23)24/h4-14,16-18,24,26-27,36H,15H2,1-3H3,(H,32,33)(H,34,37)/t24-,26+,27?/m0/s1. The second-order valence-electron chi connectivity index (χ2n) is 10.6. The van der Waals surface area contributed by atoms with Crippen LogP contribution in [0.2, 0.25) is 0 Å². The zero-order valence-electron chi connectivity index (χ0n) is 21.6. The Morgan fingerprint density at radius 3 is 2.42 bits per heavy atom. The molecule has 2 heterocycles. The van der Waals surface area contributed by atoms with Crippen molar-refractivity contribution in [1.82, 2.24) is 20.3 Å². The van der Waals surface area contributed by atoms with Gasteiger partial charge < -0.3 is 15.4 Å². The number of aliphatic hydroxyl groups excluding tert-OH is 1. The van der Waals surface area contributed by atoms with Gasteiger partial charge in [0, 0.05) is 36.3 Å². The second kappa shape index (κ2) is 10.2. The van der Waals surface area contributed by atoms with Crippen LogP contribution in [-0.2, 0) is 10.2 Å². The van der Waals surface area contributed by atoms with E-state index in [9.17, 15) is 14.7 Å². The Balaban J connectivity index is 1.58. The van der Waals surface area contributed by atoms with Crippen LogP contribution >= 0.6 is 0 Å². The molecule has 2 amide bonds. The van der Waals surface area contributed by atoms with Crippen LogP contribution < -0.4 is 10.2 Å². The summed E-state index contributed by atoms with van der Waals surface area (Å²) in [6.45, 7) is 6.36. The van der Waals surface area contributed by atoms with Crippen LogP contribution in [0.5, 0.6) is 0 Å². The first-order valence-electron chi connectivity index (χ1n) is 12.6. The summed E-state index contributed by atoms with van der Waals surface area (Å²) in [4.78, 5) is 40.7. The van der Waals surface area contributed by atoms with Crippen LogP contribution in [0.4, 0.5) is 5.69 Å². The molecule has 2 aromatic carbocycles. The SMILES string of the molecule is CC(C)(C)c1ccc(N(C(=O)c2c[nH]cn2)C(C(=O)N[C@H]2C[C@@H](O)c3ccccc32)c2cccnc2)cc1. The lowest BCUT2D eigenvalue weighted by Crippen LogP contribution is -2.45. The van der Waals surface area contributed by atoms with Crippen molar-refractivity contribution < 1.29 is 14.7 Å². The van der Waals surface area contributed by atoms with Crippen molar-refractivity contribution in [1.29, 1.82) is 0 Å². The fraction of sp³-hybridized carbons (Fsp3) is 0.267. The number of rotatable bonds is 6. The fourth-order valence-corrected chi connectivity index (χ4v) is 4.96. The molecule has 2 aromatic heterocycles. The maximum Gasteiger partial charge on any atom is 0.279 e. The van der Waals surface area contributed by atoms with Crippen molar-refractivity contribution in [2.45, 2.75) is 50.8 Å². The Morgan fingerprint density at radius 1 is 1.05 bits per heavy atom. The van der Waals surface area contributed by atoms with Crippen LogP contribution in [0.3, 0.4) is 0 Å². The molecule has 0 fully saturated rings.